The van der Waals surface area contributed by atoms with Crippen LogP contribution in [0.15, 0.2) is 35.0 Å². The fourth-order valence-corrected chi connectivity index (χ4v) is 2.41. The van der Waals surface area contributed by atoms with Crippen molar-refractivity contribution in [1.82, 2.24) is 9.88 Å². The number of amides is 2. The number of hydrogen-bond acceptors (Lipinski definition) is 5. The number of furan rings is 1. The molecule has 0 atom stereocenters. The topological polar surface area (TPSA) is 72.6 Å². The molecule has 2 amide bonds. The molecule has 2 aromatic heterocycles. The molecule has 3 rings (SSSR count). The van der Waals surface area contributed by atoms with Gasteiger partial charge in [0, 0.05) is 30.9 Å². The van der Waals surface area contributed by atoms with Gasteiger partial charge in [-0.2, -0.15) is 0 Å². The van der Waals surface area contributed by atoms with Gasteiger partial charge in [0.05, 0.1) is 5.56 Å². The smallest absolute Gasteiger partial charge is 0.417 e. The molecule has 1 aliphatic rings. The zero-order valence-electron chi connectivity index (χ0n) is 13.3. The highest BCUT2D eigenvalue weighted by Gasteiger charge is 2.34. The summed E-state index contributed by atoms with van der Waals surface area (Å²) in [5.41, 5.74) is 0.607. The second-order valence-electron chi connectivity index (χ2n) is 6.37. The minimum Gasteiger partial charge on any atom is -0.460 e. The Balaban J connectivity index is 1.86. The Bertz CT molecular complexity index is 744. The van der Waals surface area contributed by atoms with Crippen LogP contribution in [0.5, 0.6) is 0 Å². The van der Waals surface area contributed by atoms with Gasteiger partial charge in [-0.15, -0.1) is 0 Å². The van der Waals surface area contributed by atoms with E-state index in [0.29, 0.717) is 23.5 Å². The first-order valence-electron chi connectivity index (χ1n) is 7.43. The van der Waals surface area contributed by atoms with Gasteiger partial charge in [-0.1, -0.05) is 0 Å². The number of rotatable bonds is 1. The molecule has 0 unspecified atom stereocenters. The molecule has 120 valence electrons. The number of ether oxygens (including phenoxy) is 1. The van der Waals surface area contributed by atoms with Crippen molar-refractivity contribution in [1.29, 1.82) is 0 Å². The molecule has 6 heteroatoms. The van der Waals surface area contributed by atoms with Crippen molar-refractivity contribution in [3.63, 3.8) is 0 Å². The lowest BCUT2D eigenvalue weighted by molar-refractivity contribution is 0.0230. The molecule has 0 fully saturated rings. The fourth-order valence-electron chi connectivity index (χ4n) is 2.41. The highest BCUT2D eigenvalue weighted by Crippen LogP contribution is 2.29. The number of imide groups is 1. The van der Waals surface area contributed by atoms with Crippen LogP contribution in [-0.2, 0) is 11.2 Å². The van der Waals surface area contributed by atoms with Gasteiger partial charge in [-0.05, 0) is 39.0 Å². The summed E-state index contributed by atoms with van der Waals surface area (Å²) in [7, 11) is 0. The molecular formula is C17H18N2O4. The maximum absolute atomic E-state index is 12.5. The van der Waals surface area contributed by atoms with Crippen LogP contribution in [0.1, 0.15) is 36.9 Å². The van der Waals surface area contributed by atoms with E-state index in [1.54, 1.807) is 51.4 Å². The average molecular weight is 314 g/mol. The fraction of sp³-hybridized carbons (Fsp3) is 0.353. The summed E-state index contributed by atoms with van der Waals surface area (Å²) >= 11 is 0. The summed E-state index contributed by atoms with van der Waals surface area (Å²) < 4.78 is 11.0. The first-order chi connectivity index (χ1) is 10.8. The summed E-state index contributed by atoms with van der Waals surface area (Å²) in [5.74, 6) is 0.808. The molecule has 0 saturated carbocycles. The molecule has 0 N–H and O–H groups in total. The molecule has 0 aromatic carbocycles. The van der Waals surface area contributed by atoms with Crippen molar-refractivity contribution < 1.29 is 18.7 Å². The SMILES string of the molecule is CC(C)(C)OC(=O)N1CCc2oc(-c3ccncc3)cc2C1=O. The highest BCUT2D eigenvalue weighted by atomic mass is 16.6. The van der Waals surface area contributed by atoms with Crippen molar-refractivity contribution in [2.75, 3.05) is 6.54 Å². The molecule has 0 radical (unpaired) electrons. The van der Waals surface area contributed by atoms with Crippen LogP contribution >= 0.6 is 0 Å². The predicted octanol–water partition coefficient (Wildman–Crippen LogP) is 3.28. The highest BCUT2D eigenvalue weighted by molar-refractivity contribution is 6.05. The van der Waals surface area contributed by atoms with Crippen molar-refractivity contribution >= 4 is 12.0 Å². The summed E-state index contributed by atoms with van der Waals surface area (Å²) in [5, 5.41) is 0. The minimum absolute atomic E-state index is 0.254. The minimum atomic E-state index is -0.643. The molecule has 0 bridgehead atoms. The van der Waals surface area contributed by atoms with E-state index in [-0.39, 0.29) is 12.5 Å². The first kappa shape index (κ1) is 15.3. The van der Waals surface area contributed by atoms with Gasteiger partial charge in [0.15, 0.2) is 0 Å². The normalized spacial score (nSPS) is 14.6. The van der Waals surface area contributed by atoms with Gasteiger partial charge in [0.2, 0.25) is 0 Å². The van der Waals surface area contributed by atoms with Gasteiger partial charge in [-0.25, -0.2) is 9.69 Å². The van der Waals surface area contributed by atoms with E-state index in [1.807, 2.05) is 0 Å². The quantitative estimate of drug-likeness (QED) is 0.807. The lowest BCUT2D eigenvalue weighted by Gasteiger charge is -2.27. The maximum Gasteiger partial charge on any atom is 0.417 e. The van der Waals surface area contributed by atoms with E-state index in [9.17, 15) is 9.59 Å². The van der Waals surface area contributed by atoms with E-state index in [0.717, 1.165) is 10.5 Å². The first-order valence-corrected chi connectivity index (χ1v) is 7.43. The molecular weight excluding hydrogens is 296 g/mol. The Morgan fingerprint density at radius 3 is 2.65 bits per heavy atom. The third-order valence-electron chi connectivity index (χ3n) is 3.43. The third kappa shape index (κ3) is 3.11. The molecule has 0 spiro atoms. The van der Waals surface area contributed by atoms with Gasteiger partial charge >= 0.3 is 6.09 Å². The van der Waals surface area contributed by atoms with E-state index < -0.39 is 11.7 Å². The number of fused-ring (bicyclic) bond motifs is 1. The van der Waals surface area contributed by atoms with E-state index >= 15 is 0 Å². The van der Waals surface area contributed by atoms with E-state index in [2.05, 4.69) is 4.98 Å². The Morgan fingerprint density at radius 1 is 1.30 bits per heavy atom. The van der Waals surface area contributed by atoms with Crippen LogP contribution in [0.3, 0.4) is 0 Å². The summed E-state index contributed by atoms with van der Waals surface area (Å²) in [4.78, 5) is 29.8. The number of carbonyl (C=O) groups is 2. The standard InChI is InChI=1S/C17H18N2O4/c1-17(2,3)23-16(21)19-9-6-13-12(15(19)20)10-14(22-13)11-4-7-18-8-5-11/h4-5,7-8,10H,6,9H2,1-3H3. The molecule has 0 saturated heterocycles. The van der Waals surface area contributed by atoms with Gasteiger partial charge in [0.25, 0.3) is 5.91 Å². The Labute approximate surface area is 134 Å². The van der Waals surface area contributed by atoms with Crippen LogP contribution in [0.4, 0.5) is 4.79 Å². The lowest BCUT2D eigenvalue weighted by Crippen LogP contribution is -2.44. The zero-order valence-corrected chi connectivity index (χ0v) is 13.3. The molecule has 1 aliphatic heterocycles. The molecule has 2 aromatic rings. The molecule has 23 heavy (non-hydrogen) atoms. The monoisotopic (exact) mass is 314 g/mol. The summed E-state index contributed by atoms with van der Waals surface area (Å²) in [6.07, 6.45) is 3.17. The zero-order chi connectivity index (χ0) is 16.6. The second kappa shape index (κ2) is 5.53. The van der Waals surface area contributed by atoms with Gasteiger partial charge in [-0.3, -0.25) is 9.78 Å². The van der Waals surface area contributed by atoms with Gasteiger partial charge in [0.1, 0.15) is 17.1 Å². The van der Waals surface area contributed by atoms with Crippen molar-refractivity contribution in [3.8, 4) is 11.3 Å². The second-order valence-corrected chi connectivity index (χ2v) is 6.37. The average Bonchev–Trinajstić information content (AvgIpc) is 2.91. The maximum atomic E-state index is 12.5. The number of aromatic nitrogens is 1. The van der Waals surface area contributed by atoms with Crippen LogP contribution in [-0.4, -0.2) is 34.0 Å². The number of carbonyl (C=O) groups excluding carboxylic acids is 2. The lowest BCUT2D eigenvalue weighted by atomic mass is 10.1. The molecule has 3 heterocycles. The van der Waals surface area contributed by atoms with Crippen LogP contribution in [0.2, 0.25) is 0 Å². The van der Waals surface area contributed by atoms with Crippen LogP contribution in [0.25, 0.3) is 11.3 Å². The molecule has 6 nitrogen and oxygen atoms in total. The number of nitrogens with zero attached hydrogens (tertiary/aromatic N) is 2. The summed E-state index contributed by atoms with van der Waals surface area (Å²) in [6.45, 7) is 5.56. The van der Waals surface area contributed by atoms with Crippen LogP contribution in [0, 0.1) is 0 Å². The summed E-state index contributed by atoms with van der Waals surface area (Å²) in [6, 6.07) is 5.28. The van der Waals surface area contributed by atoms with Crippen molar-refractivity contribution in [2.45, 2.75) is 32.8 Å². The largest absolute Gasteiger partial charge is 0.460 e. The van der Waals surface area contributed by atoms with E-state index in [1.165, 1.54) is 0 Å². The van der Waals surface area contributed by atoms with Crippen molar-refractivity contribution in [2.24, 2.45) is 0 Å². The van der Waals surface area contributed by atoms with E-state index in [4.69, 9.17) is 9.15 Å². The number of hydrogen-bond donors (Lipinski definition) is 0. The van der Waals surface area contributed by atoms with Gasteiger partial charge < -0.3 is 9.15 Å². The van der Waals surface area contributed by atoms with Crippen molar-refractivity contribution in [3.05, 3.63) is 41.9 Å². The van der Waals surface area contributed by atoms with Crippen LogP contribution < -0.4 is 0 Å². The Morgan fingerprint density at radius 2 is 2.00 bits per heavy atom. The third-order valence-corrected chi connectivity index (χ3v) is 3.43. The molecule has 0 aliphatic carbocycles. The number of pyridine rings is 1. The Kier molecular flexibility index (Phi) is 3.67. The Hall–Kier alpha value is -2.63. The predicted molar refractivity (Wildman–Crippen MR) is 82.9 cm³/mol.